The van der Waals surface area contributed by atoms with Gasteiger partial charge < -0.3 is 9.79 Å². The highest BCUT2D eigenvalue weighted by atomic mass is 35.5. The molecule has 0 aromatic heterocycles. The number of hydrogen-bond acceptors (Lipinski definition) is 1. The third kappa shape index (κ3) is 3.12. The van der Waals surface area contributed by atoms with Gasteiger partial charge in [-0.3, -0.25) is 4.57 Å². The Bertz CT molecular complexity index is 321. The lowest BCUT2D eigenvalue weighted by Gasteiger charge is -2.07. The van der Waals surface area contributed by atoms with Crippen molar-refractivity contribution >= 4 is 25.3 Å². The second-order valence-electron chi connectivity index (χ2n) is 2.53. The number of halogens is 1. The van der Waals surface area contributed by atoms with Gasteiger partial charge in [-0.05, 0) is 18.1 Å². The summed E-state index contributed by atoms with van der Waals surface area (Å²) in [5.41, 5.74) is 0.714. The molecule has 13 heavy (non-hydrogen) atoms. The zero-order valence-electron chi connectivity index (χ0n) is 7.17. The van der Waals surface area contributed by atoms with E-state index in [0.29, 0.717) is 12.0 Å². The summed E-state index contributed by atoms with van der Waals surface area (Å²) >= 11 is 0. The molecule has 2 N–H and O–H groups in total. The van der Waals surface area contributed by atoms with Crippen LogP contribution in [0.1, 0.15) is 12.5 Å². The fourth-order valence-corrected chi connectivity index (χ4v) is 1.98. The van der Waals surface area contributed by atoms with Crippen LogP contribution in [0.5, 0.6) is 0 Å². The van der Waals surface area contributed by atoms with E-state index in [0.717, 1.165) is 0 Å². The summed E-state index contributed by atoms with van der Waals surface area (Å²) in [5, 5.41) is 0.146. The topological polar surface area (TPSA) is 57.5 Å². The standard InChI is InChI=1S/C8H11O3P.ClH/c1-2-7-5-3-4-6-8(7)12(9,10)11;/h3-6H,2H2,1H3,(H2,9,10,11);1H. The molecule has 1 aromatic rings. The zero-order chi connectivity index (χ0) is 9.19. The van der Waals surface area contributed by atoms with Gasteiger partial charge in [0.2, 0.25) is 0 Å². The Balaban J connectivity index is 0.00000144. The number of rotatable bonds is 2. The van der Waals surface area contributed by atoms with E-state index in [1.807, 2.05) is 6.92 Å². The Kier molecular flexibility index (Phi) is 4.65. The van der Waals surface area contributed by atoms with Crippen LogP contribution >= 0.6 is 20.0 Å². The molecule has 0 heterocycles. The number of benzene rings is 1. The summed E-state index contributed by atoms with van der Waals surface area (Å²) in [5.74, 6) is 0. The molecule has 0 saturated carbocycles. The first-order valence-corrected chi connectivity index (χ1v) is 5.31. The molecular weight excluding hydrogens is 211 g/mol. The summed E-state index contributed by atoms with van der Waals surface area (Å²) in [6, 6.07) is 6.61. The molecule has 1 rings (SSSR count). The maximum Gasteiger partial charge on any atom is 0.356 e. The fourth-order valence-electron chi connectivity index (χ4n) is 1.09. The lowest BCUT2D eigenvalue weighted by atomic mass is 10.2. The summed E-state index contributed by atoms with van der Waals surface area (Å²) in [7, 11) is -4.07. The largest absolute Gasteiger partial charge is 0.356 e. The quantitative estimate of drug-likeness (QED) is 0.745. The van der Waals surface area contributed by atoms with Gasteiger partial charge in [-0.15, -0.1) is 12.4 Å². The molecule has 0 fully saturated rings. The van der Waals surface area contributed by atoms with Crippen LogP contribution in [0.15, 0.2) is 24.3 Å². The van der Waals surface area contributed by atoms with Crippen LogP contribution in [0.3, 0.4) is 0 Å². The predicted molar refractivity (Wildman–Crippen MR) is 54.7 cm³/mol. The minimum Gasteiger partial charge on any atom is -0.321 e. The molecule has 0 aliphatic rings. The van der Waals surface area contributed by atoms with Gasteiger partial charge in [0, 0.05) is 0 Å². The highest BCUT2D eigenvalue weighted by Gasteiger charge is 2.19. The van der Waals surface area contributed by atoms with Crippen molar-refractivity contribution in [1.82, 2.24) is 0 Å². The lowest BCUT2D eigenvalue weighted by Crippen LogP contribution is -2.09. The van der Waals surface area contributed by atoms with Crippen LogP contribution in [-0.2, 0) is 11.0 Å². The van der Waals surface area contributed by atoms with Crippen molar-refractivity contribution in [3.8, 4) is 0 Å². The molecule has 74 valence electrons. The van der Waals surface area contributed by atoms with E-state index >= 15 is 0 Å². The highest BCUT2D eigenvalue weighted by Crippen LogP contribution is 2.34. The van der Waals surface area contributed by atoms with Crippen molar-refractivity contribution < 1.29 is 14.4 Å². The van der Waals surface area contributed by atoms with Crippen molar-refractivity contribution in [3.63, 3.8) is 0 Å². The first-order chi connectivity index (χ1) is 5.55. The predicted octanol–water partition coefficient (Wildman–Crippen LogP) is 1.47. The maximum atomic E-state index is 10.9. The molecule has 0 aliphatic heterocycles. The minimum atomic E-state index is -4.07. The summed E-state index contributed by atoms with van der Waals surface area (Å²) < 4.78 is 10.9. The Morgan fingerprint density at radius 1 is 1.31 bits per heavy atom. The lowest BCUT2D eigenvalue weighted by molar-refractivity contribution is 0.387. The average molecular weight is 223 g/mol. The van der Waals surface area contributed by atoms with E-state index in [-0.39, 0.29) is 17.7 Å². The zero-order valence-corrected chi connectivity index (χ0v) is 8.89. The molecule has 0 amide bonds. The van der Waals surface area contributed by atoms with Crippen LogP contribution in [-0.4, -0.2) is 9.79 Å². The fraction of sp³-hybridized carbons (Fsp3) is 0.250. The summed E-state index contributed by atoms with van der Waals surface area (Å²) in [4.78, 5) is 17.8. The second-order valence-corrected chi connectivity index (χ2v) is 4.10. The van der Waals surface area contributed by atoms with Crippen LogP contribution < -0.4 is 5.30 Å². The molecule has 1 aromatic carbocycles. The Hall–Kier alpha value is -0.340. The SMILES string of the molecule is CCc1ccccc1P(=O)(O)O.Cl. The van der Waals surface area contributed by atoms with Gasteiger partial charge in [-0.2, -0.15) is 0 Å². The molecule has 0 saturated heterocycles. The Morgan fingerprint density at radius 2 is 1.85 bits per heavy atom. The normalized spacial score (nSPS) is 10.7. The average Bonchev–Trinajstić information content (AvgIpc) is 2.03. The molecule has 0 bridgehead atoms. The van der Waals surface area contributed by atoms with Gasteiger partial charge in [0.25, 0.3) is 0 Å². The van der Waals surface area contributed by atoms with E-state index in [2.05, 4.69) is 0 Å². The smallest absolute Gasteiger partial charge is 0.321 e. The van der Waals surface area contributed by atoms with E-state index in [9.17, 15) is 4.57 Å². The van der Waals surface area contributed by atoms with Crippen molar-refractivity contribution in [1.29, 1.82) is 0 Å². The summed E-state index contributed by atoms with van der Waals surface area (Å²) in [6.45, 7) is 1.87. The van der Waals surface area contributed by atoms with Gasteiger partial charge in [0.15, 0.2) is 0 Å². The summed E-state index contributed by atoms with van der Waals surface area (Å²) in [6.07, 6.45) is 0.640. The first-order valence-electron chi connectivity index (χ1n) is 3.69. The molecular formula is C8H12ClO3P. The van der Waals surface area contributed by atoms with E-state index in [1.165, 1.54) is 6.07 Å². The highest BCUT2D eigenvalue weighted by molar-refractivity contribution is 7.60. The molecule has 3 nitrogen and oxygen atoms in total. The third-order valence-corrected chi connectivity index (χ3v) is 2.75. The van der Waals surface area contributed by atoms with Crippen molar-refractivity contribution in [2.45, 2.75) is 13.3 Å². The van der Waals surface area contributed by atoms with Gasteiger partial charge in [-0.25, -0.2) is 0 Å². The number of hydrogen-bond donors (Lipinski definition) is 2. The third-order valence-electron chi connectivity index (χ3n) is 1.69. The van der Waals surface area contributed by atoms with Gasteiger partial charge in [-0.1, -0.05) is 25.1 Å². The van der Waals surface area contributed by atoms with E-state index < -0.39 is 7.60 Å². The van der Waals surface area contributed by atoms with Crippen LogP contribution in [0, 0.1) is 0 Å². The van der Waals surface area contributed by atoms with Crippen molar-refractivity contribution in [3.05, 3.63) is 29.8 Å². The van der Waals surface area contributed by atoms with Crippen LogP contribution in [0.4, 0.5) is 0 Å². The Morgan fingerprint density at radius 3 is 2.23 bits per heavy atom. The van der Waals surface area contributed by atoms with E-state index in [4.69, 9.17) is 9.79 Å². The Labute approximate surface area is 83.4 Å². The minimum absolute atomic E-state index is 0. The maximum absolute atomic E-state index is 10.9. The molecule has 5 heteroatoms. The molecule has 0 aliphatic carbocycles. The monoisotopic (exact) mass is 222 g/mol. The molecule has 0 atom stereocenters. The van der Waals surface area contributed by atoms with Crippen LogP contribution in [0.25, 0.3) is 0 Å². The first kappa shape index (κ1) is 12.7. The molecule has 0 radical (unpaired) electrons. The molecule has 0 spiro atoms. The second kappa shape index (κ2) is 4.77. The van der Waals surface area contributed by atoms with E-state index in [1.54, 1.807) is 18.2 Å². The number of aryl methyl sites for hydroxylation is 1. The van der Waals surface area contributed by atoms with Crippen LogP contribution in [0.2, 0.25) is 0 Å². The van der Waals surface area contributed by atoms with Crippen molar-refractivity contribution in [2.75, 3.05) is 0 Å². The van der Waals surface area contributed by atoms with Crippen molar-refractivity contribution in [2.24, 2.45) is 0 Å². The molecule has 0 unspecified atom stereocenters. The van der Waals surface area contributed by atoms with Gasteiger partial charge in [0.05, 0.1) is 5.30 Å². The van der Waals surface area contributed by atoms with Gasteiger partial charge >= 0.3 is 7.60 Å². The van der Waals surface area contributed by atoms with Gasteiger partial charge in [0.1, 0.15) is 0 Å².